The maximum absolute atomic E-state index is 5.61. The number of aliphatic imine (C=N–C) groups is 1. The summed E-state index contributed by atoms with van der Waals surface area (Å²) in [7, 11) is 0. The van der Waals surface area contributed by atoms with E-state index >= 15 is 0 Å². The monoisotopic (exact) mass is 485 g/mol. The first-order chi connectivity index (χ1) is 12.7. The highest BCUT2D eigenvalue weighted by Gasteiger charge is 2.17. The van der Waals surface area contributed by atoms with Gasteiger partial charge in [-0.1, -0.05) is 0 Å². The Labute approximate surface area is 177 Å². The molecule has 1 aliphatic heterocycles. The number of guanidine groups is 1. The van der Waals surface area contributed by atoms with Gasteiger partial charge in [0.25, 0.3) is 0 Å². The van der Waals surface area contributed by atoms with Gasteiger partial charge in [0.1, 0.15) is 11.6 Å². The highest BCUT2D eigenvalue weighted by atomic mass is 127. The largest absolute Gasteiger partial charge is 0.467 e. The van der Waals surface area contributed by atoms with E-state index in [0.29, 0.717) is 13.1 Å². The van der Waals surface area contributed by atoms with Crippen molar-refractivity contribution in [2.45, 2.75) is 33.0 Å². The van der Waals surface area contributed by atoms with E-state index in [2.05, 4.69) is 38.5 Å². The van der Waals surface area contributed by atoms with Crippen LogP contribution in [0.2, 0.25) is 0 Å². The van der Waals surface area contributed by atoms with Crippen LogP contribution in [0.25, 0.3) is 0 Å². The van der Waals surface area contributed by atoms with Crippen molar-refractivity contribution in [1.29, 1.82) is 0 Å². The molecule has 0 radical (unpaired) electrons. The fraction of sp³-hybridized carbons (Fsp3) is 0.474. The van der Waals surface area contributed by atoms with Crippen molar-refractivity contribution in [3.8, 4) is 0 Å². The third-order valence-electron chi connectivity index (χ3n) is 4.15. The van der Waals surface area contributed by atoms with Gasteiger partial charge in [0.2, 0.25) is 0 Å². The number of pyridine rings is 1. The molecule has 8 heteroatoms. The molecule has 0 amide bonds. The van der Waals surface area contributed by atoms with Gasteiger partial charge in [-0.15, -0.1) is 24.0 Å². The van der Waals surface area contributed by atoms with Gasteiger partial charge in [0.05, 0.1) is 32.1 Å². The van der Waals surface area contributed by atoms with E-state index in [1.807, 2.05) is 31.3 Å². The Morgan fingerprint density at radius 1 is 1.37 bits per heavy atom. The number of rotatable bonds is 6. The smallest absolute Gasteiger partial charge is 0.191 e. The van der Waals surface area contributed by atoms with Crippen LogP contribution in [0.5, 0.6) is 0 Å². The number of aromatic nitrogens is 1. The summed E-state index contributed by atoms with van der Waals surface area (Å²) in [6, 6.07) is 7.94. The maximum atomic E-state index is 5.61. The molecule has 7 nitrogen and oxygen atoms in total. The molecule has 0 saturated carbocycles. The lowest BCUT2D eigenvalue weighted by atomic mass is 10.2. The Kier molecular flexibility index (Phi) is 8.86. The Hall–Kier alpha value is -1.81. The van der Waals surface area contributed by atoms with Crippen LogP contribution in [0.3, 0.4) is 0 Å². The van der Waals surface area contributed by atoms with Crippen LogP contribution in [-0.4, -0.2) is 43.3 Å². The van der Waals surface area contributed by atoms with Gasteiger partial charge >= 0.3 is 0 Å². The number of furan rings is 1. The van der Waals surface area contributed by atoms with Gasteiger partial charge in [-0.05, 0) is 43.7 Å². The number of halogens is 1. The van der Waals surface area contributed by atoms with Crippen LogP contribution >= 0.6 is 24.0 Å². The third kappa shape index (κ3) is 6.69. The van der Waals surface area contributed by atoms with E-state index < -0.39 is 0 Å². The number of nitrogens with zero attached hydrogens (tertiary/aromatic N) is 3. The van der Waals surface area contributed by atoms with Crippen molar-refractivity contribution in [1.82, 2.24) is 15.6 Å². The normalized spacial score (nSPS) is 17.3. The molecule has 1 fully saturated rings. The van der Waals surface area contributed by atoms with Crippen LogP contribution < -0.4 is 15.5 Å². The van der Waals surface area contributed by atoms with Gasteiger partial charge in [0.15, 0.2) is 5.96 Å². The SMILES string of the molecule is CCNC(=NCc1ccnc(N2CCOC(C)C2)c1)NCc1ccco1.I. The van der Waals surface area contributed by atoms with E-state index in [1.54, 1.807) is 6.26 Å². The molecule has 1 atom stereocenters. The van der Waals surface area contributed by atoms with Crippen LogP contribution in [-0.2, 0) is 17.8 Å². The van der Waals surface area contributed by atoms with Gasteiger partial charge in [-0.25, -0.2) is 9.98 Å². The van der Waals surface area contributed by atoms with Crippen molar-refractivity contribution >= 4 is 35.8 Å². The minimum atomic E-state index is 0. The molecular formula is C19H28IN5O2. The average molecular weight is 485 g/mol. The van der Waals surface area contributed by atoms with Crippen molar-refractivity contribution in [3.63, 3.8) is 0 Å². The standard InChI is InChI=1S/C19H27N5O2.HI/c1-3-20-19(23-13-17-5-4-9-26-17)22-12-16-6-7-21-18(11-16)24-8-10-25-15(2)14-24;/h4-7,9,11,15H,3,8,10,12-14H2,1-2H3,(H2,20,22,23);1H. The van der Waals surface area contributed by atoms with E-state index in [9.17, 15) is 0 Å². The number of ether oxygens (including phenoxy) is 1. The van der Waals surface area contributed by atoms with Crippen molar-refractivity contribution in [2.75, 3.05) is 31.1 Å². The van der Waals surface area contributed by atoms with Crippen LogP contribution in [0.4, 0.5) is 5.82 Å². The summed E-state index contributed by atoms with van der Waals surface area (Å²) in [5, 5.41) is 6.53. The highest BCUT2D eigenvalue weighted by Crippen LogP contribution is 2.16. The Balaban J connectivity index is 0.00000261. The molecule has 2 N–H and O–H groups in total. The topological polar surface area (TPSA) is 74.9 Å². The van der Waals surface area contributed by atoms with E-state index in [1.165, 1.54) is 0 Å². The number of anilines is 1. The Bertz CT molecular complexity index is 708. The summed E-state index contributed by atoms with van der Waals surface area (Å²) in [6.07, 6.45) is 3.76. The average Bonchev–Trinajstić information content (AvgIpc) is 3.18. The molecule has 2 aromatic heterocycles. The molecule has 1 unspecified atom stereocenters. The first-order valence-electron chi connectivity index (χ1n) is 9.10. The van der Waals surface area contributed by atoms with Gasteiger partial charge in [-0.2, -0.15) is 0 Å². The number of nitrogens with one attached hydrogen (secondary N) is 2. The lowest BCUT2D eigenvalue weighted by Gasteiger charge is -2.32. The zero-order valence-electron chi connectivity index (χ0n) is 15.9. The summed E-state index contributed by atoms with van der Waals surface area (Å²) < 4.78 is 11.0. The molecule has 27 heavy (non-hydrogen) atoms. The van der Waals surface area contributed by atoms with Gasteiger partial charge in [-0.3, -0.25) is 0 Å². The number of hydrogen-bond donors (Lipinski definition) is 2. The second kappa shape index (κ2) is 11.1. The van der Waals surface area contributed by atoms with Gasteiger partial charge < -0.3 is 24.7 Å². The molecule has 2 aromatic rings. The molecule has 3 rings (SSSR count). The highest BCUT2D eigenvalue weighted by molar-refractivity contribution is 14.0. The molecule has 148 valence electrons. The molecule has 0 spiro atoms. The molecule has 0 aromatic carbocycles. The second-order valence-electron chi connectivity index (χ2n) is 6.28. The first-order valence-corrected chi connectivity index (χ1v) is 9.10. The minimum Gasteiger partial charge on any atom is -0.467 e. The lowest BCUT2D eigenvalue weighted by Crippen LogP contribution is -2.41. The summed E-state index contributed by atoms with van der Waals surface area (Å²) in [5.41, 5.74) is 1.13. The molecule has 1 saturated heterocycles. The van der Waals surface area contributed by atoms with E-state index in [4.69, 9.17) is 9.15 Å². The van der Waals surface area contributed by atoms with Crippen molar-refractivity contribution in [3.05, 3.63) is 48.0 Å². The molecule has 0 bridgehead atoms. The number of morpholine rings is 1. The number of hydrogen-bond acceptors (Lipinski definition) is 5. The van der Waals surface area contributed by atoms with Crippen LogP contribution in [0.15, 0.2) is 46.1 Å². The molecule has 1 aliphatic rings. The molecule has 3 heterocycles. The Morgan fingerprint density at radius 3 is 3.00 bits per heavy atom. The van der Waals surface area contributed by atoms with E-state index in [-0.39, 0.29) is 30.1 Å². The van der Waals surface area contributed by atoms with Crippen LogP contribution in [0, 0.1) is 0 Å². The Morgan fingerprint density at radius 2 is 2.26 bits per heavy atom. The van der Waals surface area contributed by atoms with Crippen molar-refractivity contribution in [2.24, 2.45) is 4.99 Å². The maximum Gasteiger partial charge on any atom is 0.191 e. The molecule has 0 aliphatic carbocycles. The first kappa shape index (κ1) is 21.5. The predicted molar refractivity (Wildman–Crippen MR) is 118 cm³/mol. The predicted octanol–water partition coefficient (Wildman–Crippen LogP) is 2.77. The summed E-state index contributed by atoms with van der Waals surface area (Å²) in [5.74, 6) is 2.63. The fourth-order valence-electron chi connectivity index (χ4n) is 2.85. The quantitative estimate of drug-likeness (QED) is 0.373. The fourth-order valence-corrected chi connectivity index (χ4v) is 2.85. The van der Waals surface area contributed by atoms with E-state index in [0.717, 1.165) is 49.3 Å². The summed E-state index contributed by atoms with van der Waals surface area (Å²) in [4.78, 5) is 11.4. The van der Waals surface area contributed by atoms with Crippen molar-refractivity contribution < 1.29 is 9.15 Å². The zero-order valence-corrected chi connectivity index (χ0v) is 18.2. The van der Waals surface area contributed by atoms with Crippen LogP contribution in [0.1, 0.15) is 25.2 Å². The zero-order chi connectivity index (χ0) is 18.2. The summed E-state index contributed by atoms with van der Waals surface area (Å²) in [6.45, 7) is 8.62. The van der Waals surface area contributed by atoms with Gasteiger partial charge in [0, 0.05) is 25.8 Å². The minimum absolute atomic E-state index is 0. The lowest BCUT2D eigenvalue weighted by molar-refractivity contribution is 0.0529. The third-order valence-corrected chi connectivity index (χ3v) is 4.15. The second-order valence-corrected chi connectivity index (χ2v) is 6.28. The summed E-state index contributed by atoms with van der Waals surface area (Å²) >= 11 is 0. The molecular weight excluding hydrogens is 457 g/mol.